The molecule has 2 rings (SSSR count). The first-order chi connectivity index (χ1) is 9.85. The van der Waals surface area contributed by atoms with Crippen LogP contribution >= 0.6 is 22.6 Å². The minimum absolute atomic E-state index is 0.313. The number of sulfonamides is 1. The summed E-state index contributed by atoms with van der Waals surface area (Å²) >= 11 is 1.86. The molecule has 1 saturated carbocycles. The van der Waals surface area contributed by atoms with Crippen molar-refractivity contribution in [1.29, 1.82) is 0 Å². The van der Waals surface area contributed by atoms with Crippen LogP contribution in [0.5, 0.6) is 0 Å². The van der Waals surface area contributed by atoms with Crippen molar-refractivity contribution in [3.8, 4) is 0 Å². The second-order valence-corrected chi connectivity index (χ2v) is 7.93. The Morgan fingerprint density at radius 2 is 2.14 bits per heavy atom. The van der Waals surface area contributed by atoms with Gasteiger partial charge in [0.05, 0.1) is 24.0 Å². The zero-order valence-corrected chi connectivity index (χ0v) is 14.3. The maximum Gasteiger partial charge on any atom is 0.310 e. The number of hydrogen-bond acceptors (Lipinski definition) is 4. The van der Waals surface area contributed by atoms with E-state index in [0.29, 0.717) is 28.5 Å². The van der Waals surface area contributed by atoms with Crippen LogP contribution in [0, 0.1) is 15.3 Å². The molecule has 21 heavy (non-hydrogen) atoms. The molecule has 0 spiro atoms. The monoisotopic (exact) mass is 427 g/mol. The van der Waals surface area contributed by atoms with Gasteiger partial charge in [-0.15, -0.1) is 0 Å². The highest BCUT2D eigenvalue weighted by molar-refractivity contribution is 14.1. The first-order valence-electron chi connectivity index (χ1n) is 6.39. The Hall–Kier alpha value is -0.900. The highest BCUT2D eigenvalue weighted by Gasteiger charge is 2.42. The number of anilines is 1. The molecule has 116 valence electrons. The van der Waals surface area contributed by atoms with Crippen LogP contribution in [-0.2, 0) is 19.6 Å². The molecular weight excluding hydrogens is 412 g/mol. The molecule has 8 heteroatoms. The van der Waals surface area contributed by atoms with Gasteiger partial charge >= 0.3 is 5.97 Å². The van der Waals surface area contributed by atoms with Gasteiger partial charge in [0.1, 0.15) is 5.82 Å². The number of esters is 1. The molecule has 2 unspecified atom stereocenters. The lowest BCUT2D eigenvalue weighted by Crippen LogP contribution is -2.35. The van der Waals surface area contributed by atoms with Crippen molar-refractivity contribution in [2.75, 3.05) is 11.8 Å². The number of carbonyl (C=O) groups excluding carboxylic acids is 1. The standard InChI is InChI=1S/C13H15FINO4S/c1-20-13(17)9-3-2-4-12(9)21(18,19)16-11-6-5-8(14)7-10(11)15/h5-7,9,12,16H,2-4H2,1H3. The summed E-state index contributed by atoms with van der Waals surface area (Å²) in [6.45, 7) is 0. The molecule has 1 aromatic carbocycles. The Kier molecular flexibility index (Phi) is 5.07. The number of nitrogens with one attached hydrogen (secondary N) is 1. The third kappa shape index (κ3) is 3.65. The zero-order chi connectivity index (χ0) is 15.6. The molecule has 0 radical (unpaired) electrons. The molecule has 1 aliphatic carbocycles. The van der Waals surface area contributed by atoms with E-state index >= 15 is 0 Å². The number of benzene rings is 1. The van der Waals surface area contributed by atoms with Crippen molar-refractivity contribution in [2.45, 2.75) is 24.5 Å². The second-order valence-electron chi connectivity index (χ2n) is 4.87. The van der Waals surface area contributed by atoms with Gasteiger partial charge in [-0.2, -0.15) is 0 Å². The summed E-state index contributed by atoms with van der Waals surface area (Å²) in [5.41, 5.74) is 0.313. The van der Waals surface area contributed by atoms with Crippen LogP contribution in [0.15, 0.2) is 18.2 Å². The lowest BCUT2D eigenvalue weighted by atomic mass is 10.1. The number of halogens is 2. The fraction of sp³-hybridized carbons (Fsp3) is 0.462. The van der Waals surface area contributed by atoms with Crippen LogP contribution in [0.3, 0.4) is 0 Å². The molecule has 1 N–H and O–H groups in total. The van der Waals surface area contributed by atoms with Crippen molar-refractivity contribution >= 4 is 44.3 Å². The van der Waals surface area contributed by atoms with E-state index in [9.17, 15) is 17.6 Å². The quantitative estimate of drug-likeness (QED) is 0.592. The van der Waals surface area contributed by atoms with Crippen molar-refractivity contribution < 1.29 is 22.3 Å². The SMILES string of the molecule is COC(=O)C1CCCC1S(=O)(=O)Nc1ccc(F)cc1I. The fourth-order valence-electron chi connectivity index (χ4n) is 2.52. The number of ether oxygens (including phenoxy) is 1. The summed E-state index contributed by atoms with van der Waals surface area (Å²) in [5, 5.41) is -0.814. The van der Waals surface area contributed by atoms with E-state index in [1.54, 1.807) is 0 Å². The van der Waals surface area contributed by atoms with Crippen LogP contribution in [0.25, 0.3) is 0 Å². The summed E-state index contributed by atoms with van der Waals surface area (Å²) in [4.78, 5) is 11.7. The molecule has 1 aliphatic rings. The minimum Gasteiger partial charge on any atom is -0.469 e. The van der Waals surface area contributed by atoms with Gasteiger partial charge in [-0.25, -0.2) is 12.8 Å². The molecule has 0 amide bonds. The number of hydrogen-bond donors (Lipinski definition) is 1. The van der Waals surface area contributed by atoms with Crippen molar-refractivity contribution in [3.05, 3.63) is 27.6 Å². The van der Waals surface area contributed by atoms with E-state index in [0.717, 1.165) is 0 Å². The largest absolute Gasteiger partial charge is 0.469 e. The Labute approximate surface area is 136 Å². The van der Waals surface area contributed by atoms with E-state index < -0.39 is 33.0 Å². The van der Waals surface area contributed by atoms with E-state index in [1.165, 1.54) is 25.3 Å². The van der Waals surface area contributed by atoms with Crippen LogP contribution in [0.4, 0.5) is 10.1 Å². The van der Waals surface area contributed by atoms with E-state index in [2.05, 4.69) is 9.46 Å². The molecule has 5 nitrogen and oxygen atoms in total. The number of methoxy groups -OCH3 is 1. The molecule has 1 aromatic rings. The summed E-state index contributed by atoms with van der Waals surface area (Å²) in [6.07, 6.45) is 1.57. The van der Waals surface area contributed by atoms with Gasteiger partial charge in [0, 0.05) is 3.57 Å². The second kappa shape index (κ2) is 6.47. The van der Waals surface area contributed by atoms with Gasteiger partial charge in [-0.3, -0.25) is 9.52 Å². The van der Waals surface area contributed by atoms with Crippen LogP contribution in [-0.4, -0.2) is 26.7 Å². The third-order valence-electron chi connectivity index (χ3n) is 3.54. The van der Waals surface area contributed by atoms with Gasteiger partial charge in [-0.05, 0) is 53.6 Å². The van der Waals surface area contributed by atoms with Crippen molar-refractivity contribution in [1.82, 2.24) is 0 Å². The smallest absolute Gasteiger partial charge is 0.310 e. The average molecular weight is 427 g/mol. The third-order valence-corrected chi connectivity index (χ3v) is 6.30. The number of carbonyl (C=O) groups is 1. The van der Waals surface area contributed by atoms with Gasteiger partial charge in [0.2, 0.25) is 10.0 Å². The topological polar surface area (TPSA) is 72.5 Å². The van der Waals surface area contributed by atoms with Crippen LogP contribution < -0.4 is 4.72 Å². The Morgan fingerprint density at radius 1 is 1.43 bits per heavy atom. The lowest BCUT2D eigenvalue weighted by molar-refractivity contribution is -0.145. The Balaban J connectivity index is 2.23. The summed E-state index contributed by atoms with van der Waals surface area (Å²) in [5.74, 6) is -1.59. The zero-order valence-electron chi connectivity index (χ0n) is 11.3. The van der Waals surface area contributed by atoms with E-state index in [4.69, 9.17) is 0 Å². The molecule has 0 bridgehead atoms. The Morgan fingerprint density at radius 3 is 2.76 bits per heavy atom. The van der Waals surface area contributed by atoms with Gasteiger partial charge < -0.3 is 4.74 Å². The van der Waals surface area contributed by atoms with Gasteiger partial charge in [0.15, 0.2) is 0 Å². The predicted octanol–water partition coefficient (Wildman–Crippen LogP) is 2.51. The van der Waals surface area contributed by atoms with Crippen LogP contribution in [0.2, 0.25) is 0 Å². The molecule has 0 aromatic heterocycles. The van der Waals surface area contributed by atoms with Crippen molar-refractivity contribution in [2.24, 2.45) is 5.92 Å². The van der Waals surface area contributed by atoms with E-state index in [-0.39, 0.29) is 0 Å². The highest BCUT2D eigenvalue weighted by atomic mass is 127. The average Bonchev–Trinajstić information content (AvgIpc) is 2.91. The Bertz CT molecular complexity index is 650. The van der Waals surface area contributed by atoms with E-state index in [1.807, 2.05) is 22.6 Å². The highest BCUT2D eigenvalue weighted by Crippen LogP contribution is 2.33. The molecule has 0 heterocycles. The lowest BCUT2D eigenvalue weighted by Gasteiger charge is -2.19. The summed E-state index contributed by atoms with van der Waals surface area (Å²) in [7, 11) is -2.48. The normalized spacial score (nSPS) is 22.0. The predicted molar refractivity (Wildman–Crippen MR) is 84.8 cm³/mol. The molecule has 2 atom stereocenters. The fourth-order valence-corrected chi connectivity index (χ4v) is 5.11. The molecular formula is C13H15FINO4S. The first-order valence-corrected chi connectivity index (χ1v) is 9.02. The maximum absolute atomic E-state index is 13.1. The molecule has 0 saturated heterocycles. The maximum atomic E-state index is 13.1. The first kappa shape index (κ1) is 16.5. The minimum atomic E-state index is -3.73. The summed E-state index contributed by atoms with van der Waals surface area (Å²) < 4.78 is 45.5. The van der Waals surface area contributed by atoms with Crippen LogP contribution in [0.1, 0.15) is 19.3 Å². The molecule has 1 fully saturated rings. The van der Waals surface area contributed by atoms with Gasteiger partial charge in [-0.1, -0.05) is 6.42 Å². The van der Waals surface area contributed by atoms with Gasteiger partial charge in [0.25, 0.3) is 0 Å². The number of rotatable bonds is 4. The van der Waals surface area contributed by atoms with Crippen molar-refractivity contribution in [3.63, 3.8) is 0 Å². The summed E-state index contributed by atoms with van der Waals surface area (Å²) in [6, 6.07) is 3.80. The molecule has 0 aliphatic heterocycles.